The van der Waals surface area contributed by atoms with E-state index in [2.05, 4.69) is 244 Å². The first-order valence-electron chi connectivity index (χ1n) is 24.5. The molecule has 0 N–H and O–H groups in total. The smallest absolute Gasteiger partial charge is 0.0546 e. The first-order chi connectivity index (χ1) is 30.7. The highest BCUT2D eigenvalue weighted by atomic mass is 15.1. The van der Waals surface area contributed by atoms with Gasteiger partial charge >= 0.3 is 0 Å². The van der Waals surface area contributed by atoms with Crippen molar-refractivity contribution in [3.63, 3.8) is 0 Å². The van der Waals surface area contributed by atoms with Gasteiger partial charge in [-0.2, -0.15) is 0 Å². The second-order valence-corrected chi connectivity index (χ2v) is 25.0. The number of fused-ring (bicyclic) bond motifs is 9. The van der Waals surface area contributed by atoms with Gasteiger partial charge in [0.2, 0.25) is 0 Å². The van der Waals surface area contributed by atoms with Gasteiger partial charge in [0, 0.05) is 33.1 Å². The highest BCUT2D eigenvalue weighted by Crippen LogP contribution is 2.60. The van der Waals surface area contributed by atoms with E-state index in [9.17, 15) is 0 Å². The molecule has 7 aromatic rings. The van der Waals surface area contributed by atoms with Crippen molar-refractivity contribution in [3.8, 4) is 44.5 Å². The van der Waals surface area contributed by atoms with Crippen LogP contribution in [0.5, 0.6) is 0 Å². The molecule has 0 saturated heterocycles. The molecular weight excluding hydrogens is 795 g/mol. The minimum Gasteiger partial charge on any atom is -0.309 e. The molecule has 0 atom stereocenters. The molecule has 66 heavy (non-hydrogen) atoms. The number of hydrogen-bond acceptors (Lipinski definition) is 1. The number of anilines is 3. The molecule has 0 bridgehead atoms. The van der Waals surface area contributed by atoms with Crippen LogP contribution in [0.3, 0.4) is 0 Å². The maximum absolute atomic E-state index is 2.67. The standard InChI is InChI=1S/C65H71N/c1-38-18-26-46-47-28-22-41(32-52(47)63(12,13)50(46)30-38)40-20-24-45(25-21-40)66(56-36-43(61(6,7)8)34-54-58(56)48-27-19-39(2)31-51(48)64(54,14)15)57-37-44(62(9,10)11)35-55-59(57)49-29-23-42(60(3,4)5)33-53(49)65(55,16)17/h18-37H,1-17H3. The summed E-state index contributed by atoms with van der Waals surface area (Å²) in [6, 6.07) is 48.3. The highest BCUT2D eigenvalue weighted by Gasteiger charge is 2.43. The summed E-state index contributed by atoms with van der Waals surface area (Å²) in [6.45, 7) is 40.3. The maximum Gasteiger partial charge on any atom is 0.0546 e. The number of nitrogens with zero attached hydrogens (tertiary/aromatic N) is 1. The zero-order valence-corrected chi connectivity index (χ0v) is 43.0. The molecule has 336 valence electrons. The fourth-order valence-corrected chi connectivity index (χ4v) is 11.7. The summed E-state index contributed by atoms with van der Waals surface area (Å²) < 4.78 is 0. The third kappa shape index (κ3) is 6.61. The predicted molar refractivity (Wildman–Crippen MR) is 285 cm³/mol. The first kappa shape index (κ1) is 44.2. The number of aryl methyl sites for hydroxylation is 2. The quantitative estimate of drug-likeness (QED) is 0.170. The molecule has 3 aliphatic rings. The van der Waals surface area contributed by atoms with Gasteiger partial charge in [-0.1, -0.05) is 206 Å². The predicted octanol–water partition coefficient (Wildman–Crippen LogP) is 18.3. The van der Waals surface area contributed by atoms with E-state index in [-0.39, 0.29) is 32.5 Å². The normalized spacial score (nSPS) is 16.0. The maximum atomic E-state index is 2.67. The van der Waals surface area contributed by atoms with Gasteiger partial charge in [0.1, 0.15) is 0 Å². The van der Waals surface area contributed by atoms with Crippen molar-refractivity contribution in [1.82, 2.24) is 0 Å². The zero-order valence-electron chi connectivity index (χ0n) is 43.0. The van der Waals surface area contributed by atoms with Gasteiger partial charge in [-0.05, 0) is 144 Å². The van der Waals surface area contributed by atoms with Crippen LogP contribution in [-0.4, -0.2) is 0 Å². The average Bonchev–Trinajstić information content (AvgIpc) is 3.71. The molecule has 1 nitrogen and oxygen atoms in total. The Hall–Kier alpha value is -5.66. The van der Waals surface area contributed by atoms with Crippen LogP contribution in [0.1, 0.15) is 165 Å². The minimum absolute atomic E-state index is 0.0389. The molecule has 0 fully saturated rings. The van der Waals surface area contributed by atoms with Gasteiger partial charge in [-0.25, -0.2) is 0 Å². The molecule has 0 aromatic heterocycles. The lowest BCUT2D eigenvalue weighted by molar-refractivity contribution is 0.580. The van der Waals surface area contributed by atoms with Gasteiger partial charge in [0.05, 0.1) is 11.4 Å². The highest BCUT2D eigenvalue weighted by molar-refractivity contribution is 6.01. The molecule has 3 aliphatic carbocycles. The molecule has 7 aromatic carbocycles. The van der Waals surface area contributed by atoms with Gasteiger partial charge in [0.25, 0.3) is 0 Å². The van der Waals surface area contributed by atoms with Crippen LogP contribution >= 0.6 is 0 Å². The monoisotopic (exact) mass is 866 g/mol. The molecule has 0 saturated carbocycles. The fourth-order valence-electron chi connectivity index (χ4n) is 11.7. The SMILES string of the molecule is Cc1ccc2c(c1)C(C)(C)c1cc(-c3ccc(N(c4cc(C(C)(C)C)cc5c4-c4ccc(C)cc4C5(C)C)c4cc(C(C)(C)C)cc5c4-c4ccc(C(C)(C)C)cc4C5(C)C)cc3)ccc1-2. The van der Waals surface area contributed by atoms with Crippen LogP contribution in [0.25, 0.3) is 44.5 Å². The number of hydrogen-bond donors (Lipinski definition) is 0. The summed E-state index contributed by atoms with van der Waals surface area (Å²) in [4.78, 5) is 2.67. The average molecular weight is 866 g/mol. The van der Waals surface area contributed by atoms with Crippen LogP contribution in [0.4, 0.5) is 17.1 Å². The molecule has 0 aliphatic heterocycles. The van der Waals surface area contributed by atoms with E-state index in [0.717, 1.165) is 0 Å². The molecule has 0 amide bonds. The van der Waals surface area contributed by atoms with Gasteiger partial charge in [-0.15, -0.1) is 0 Å². The van der Waals surface area contributed by atoms with Gasteiger partial charge in [0.15, 0.2) is 0 Å². The summed E-state index contributed by atoms with van der Waals surface area (Å²) >= 11 is 0. The third-order valence-electron chi connectivity index (χ3n) is 16.0. The van der Waals surface area contributed by atoms with Crippen molar-refractivity contribution in [2.24, 2.45) is 0 Å². The van der Waals surface area contributed by atoms with Crippen molar-refractivity contribution in [3.05, 3.63) is 183 Å². The molecular formula is C65H71N. The lowest BCUT2D eigenvalue weighted by atomic mass is 9.77. The first-order valence-corrected chi connectivity index (χ1v) is 24.5. The van der Waals surface area contributed by atoms with Crippen LogP contribution in [0.2, 0.25) is 0 Å². The molecule has 0 spiro atoms. The van der Waals surface area contributed by atoms with Gasteiger partial charge < -0.3 is 4.90 Å². The Morgan fingerprint density at radius 1 is 0.333 bits per heavy atom. The van der Waals surface area contributed by atoms with Crippen molar-refractivity contribution in [1.29, 1.82) is 0 Å². The summed E-state index contributed by atoms with van der Waals surface area (Å²) in [5, 5.41) is 0. The third-order valence-corrected chi connectivity index (χ3v) is 16.0. The van der Waals surface area contributed by atoms with Crippen LogP contribution in [-0.2, 0) is 32.5 Å². The van der Waals surface area contributed by atoms with Crippen LogP contribution in [0.15, 0.2) is 121 Å². The Bertz CT molecular complexity index is 3160. The Balaban J connectivity index is 1.26. The number of benzene rings is 7. The molecule has 10 rings (SSSR count). The van der Waals surface area contributed by atoms with Crippen molar-refractivity contribution in [2.75, 3.05) is 4.90 Å². The minimum atomic E-state index is -0.196. The second-order valence-electron chi connectivity index (χ2n) is 25.0. The molecule has 0 unspecified atom stereocenters. The number of rotatable bonds is 4. The van der Waals surface area contributed by atoms with Crippen molar-refractivity contribution >= 4 is 17.1 Å². The van der Waals surface area contributed by atoms with Gasteiger partial charge in [-0.3, -0.25) is 0 Å². The lowest BCUT2D eigenvalue weighted by Crippen LogP contribution is -2.22. The molecule has 0 heterocycles. The summed E-state index contributed by atoms with van der Waals surface area (Å²) in [6.07, 6.45) is 0. The molecule has 0 radical (unpaired) electrons. The van der Waals surface area contributed by atoms with E-state index < -0.39 is 0 Å². The largest absolute Gasteiger partial charge is 0.309 e. The Morgan fingerprint density at radius 2 is 0.697 bits per heavy atom. The Kier molecular flexibility index (Phi) is 9.50. The second kappa shape index (κ2) is 14.2. The van der Waals surface area contributed by atoms with Crippen molar-refractivity contribution < 1.29 is 0 Å². The summed E-state index contributed by atoms with van der Waals surface area (Å²) in [5.41, 5.74) is 28.9. The molecule has 1 heteroatoms. The topological polar surface area (TPSA) is 3.24 Å². The summed E-state index contributed by atoms with van der Waals surface area (Å²) in [7, 11) is 0. The van der Waals surface area contributed by atoms with E-state index in [1.165, 1.54) is 123 Å². The summed E-state index contributed by atoms with van der Waals surface area (Å²) in [5.74, 6) is 0. The van der Waals surface area contributed by atoms with E-state index in [4.69, 9.17) is 0 Å². The van der Waals surface area contributed by atoms with E-state index in [1.54, 1.807) is 0 Å². The zero-order chi connectivity index (χ0) is 47.4. The van der Waals surface area contributed by atoms with E-state index >= 15 is 0 Å². The van der Waals surface area contributed by atoms with E-state index in [1.807, 2.05) is 0 Å². The van der Waals surface area contributed by atoms with E-state index in [0.29, 0.717) is 0 Å². The van der Waals surface area contributed by atoms with Crippen LogP contribution in [0, 0.1) is 13.8 Å². The fraction of sp³-hybridized carbons (Fsp3) is 0.354. The Labute approximate surface area is 397 Å². The Morgan fingerprint density at radius 3 is 1.18 bits per heavy atom. The van der Waals surface area contributed by atoms with Crippen LogP contribution < -0.4 is 4.90 Å². The lowest BCUT2D eigenvalue weighted by Gasteiger charge is -2.35. The van der Waals surface area contributed by atoms with Crippen molar-refractivity contribution in [2.45, 2.75) is 150 Å².